The largest absolute Gasteiger partial charge is 0.379 e. The van der Waals surface area contributed by atoms with Crippen LogP contribution in [0.3, 0.4) is 0 Å². The monoisotopic (exact) mass is 215 g/mol. The van der Waals surface area contributed by atoms with Gasteiger partial charge in [0, 0.05) is 6.61 Å². The van der Waals surface area contributed by atoms with Crippen molar-refractivity contribution < 1.29 is 4.74 Å². The molecule has 0 aliphatic rings. The molecule has 0 aromatic carbocycles. The van der Waals surface area contributed by atoms with Crippen LogP contribution in [0.4, 0.5) is 0 Å². The van der Waals surface area contributed by atoms with Gasteiger partial charge in [-0.3, -0.25) is 0 Å². The highest BCUT2D eigenvalue weighted by Crippen LogP contribution is 2.14. The quantitative estimate of drug-likeness (QED) is 0.597. The van der Waals surface area contributed by atoms with E-state index in [2.05, 4.69) is 39.9 Å². The summed E-state index contributed by atoms with van der Waals surface area (Å²) >= 11 is 0. The summed E-state index contributed by atoms with van der Waals surface area (Å²) in [7, 11) is 0. The van der Waals surface area contributed by atoms with E-state index >= 15 is 0 Å². The van der Waals surface area contributed by atoms with E-state index in [0.29, 0.717) is 6.10 Å². The van der Waals surface area contributed by atoms with Gasteiger partial charge in [0.15, 0.2) is 0 Å². The third kappa shape index (κ3) is 8.88. The molecule has 0 spiro atoms. The minimum atomic E-state index is 0.362. The second-order valence-corrected chi connectivity index (χ2v) is 4.92. The molecule has 0 fully saturated rings. The summed E-state index contributed by atoms with van der Waals surface area (Å²) in [4.78, 5) is 0. The fourth-order valence-electron chi connectivity index (χ4n) is 1.59. The zero-order valence-electron chi connectivity index (χ0n) is 11.2. The molecule has 1 unspecified atom stereocenters. The van der Waals surface area contributed by atoms with E-state index in [-0.39, 0.29) is 0 Å². The van der Waals surface area contributed by atoms with Crippen molar-refractivity contribution in [2.24, 2.45) is 11.8 Å². The van der Waals surface area contributed by atoms with Gasteiger partial charge in [-0.2, -0.15) is 0 Å². The first-order chi connectivity index (χ1) is 7.07. The molecule has 0 saturated heterocycles. The Morgan fingerprint density at radius 3 is 2.27 bits per heavy atom. The van der Waals surface area contributed by atoms with Crippen molar-refractivity contribution >= 4 is 0 Å². The third-order valence-electron chi connectivity index (χ3n) is 2.72. The van der Waals surface area contributed by atoms with Gasteiger partial charge < -0.3 is 10.1 Å². The van der Waals surface area contributed by atoms with Crippen LogP contribution in [0.1, 0.15) is 47.5 Å². The number of nitrogens with one attached hydrogen (secondary N) is 1. The van der Waals surface area contributed by atoms with E-state index in [4.69, 9.17) is 4.74 Å². The number of rotatable bonds is 9. The van der Waals surface area contributed by atoms with Crippen LogP contribution in [0.5, 0.6) is 0 Å². The molecule has 0 aliphatic heterocycles. The second-order valence-electron chi connectivity index (χ2n) is 4.92. The Bertz CT molecular complexity index is 134. The molecular formula is C13H29NO. The number of ether oxygens (including phenoxy) is 1. The number of hydrogen-bond donors (Lipinski definition) is 1. The van der Waals surface area contributed by atoms with Crippen molar-refractivity contribution in [2.75, 3.05) is 19.7 Å². The first kappa shape index (κ1) is 14.9. The first-order valence-electron chi connectivity index (χ1n) is 6.40. The van der Waals surface area contributed by atoms with Crippen molar-refractivity contribution in [3.05, 3.63) is 0 Å². The van der Waals surface area contributed by atoms with Crippen molar-refractivity contribution in [3.8, 4) is 0 Å². The van der Waals surface area contributed by atoms with Crippen LogP contribution < -0.4 is 5.32 Å². The Kier molecular flexibility index (Phi) is 9.12. The van der Waals surface area contributed by atoms with Gasteiger partial charge in [-0.1, -0.05) is 20.8 Å². The SMILES string of the molecule is CCCNCC(CCOC(C)C)C(C)C. The van der Waals surface area contributed by atoms with Gasteiger partial charge in [0.2, 0.25) is 0 Å². The molecule has 92 valence electrons. The van der Waals surface area contributed by atoms with Gasteiger partial charge in [0.05, 0.1) is 6.10 Å². The Hall–Kier alpha value is -0.0800. The molecule has 2 nitrogen and oxygen atoms in total. The van der Waals surface area contributed by atoms with Crippen molar-refractivity contribution in [3.63, 3.8) is 0 Å². The van der Waals surface area contributed by atoms with E-state index in [1.165, 1.54) is 12.8 Å². The van der Waals surface area contributed by atoms with Crippen LogP contribution in [-0.2, 0) is 4.74 Å². The van der Waals surface area contributed by atoms with Crippen molar-refractivity contribution in [1.29, 1.82) is 0 Å². The van der Waals surface area contributed by atoms with Gasteiger partial charge in [0.25, 0.3) is 0 Å². The molecule has 0 aromatic rings. The van der Waals surface area contributed by atoms with Crippen LogP contribution in [0.2, 0.25) is 0 Å². The van der Waals surface area contributed by atoms with Crippen LogP contribution >= 0.6 is 0 Å². The van der Waals surface area contributed by atoms with E-state index < -0.39 is 0 Å². The van der Waals surface area contributed by atoms with Crippen LogP contribution in [-0.4, -0.2) is 25.8 Å². The molecule has 0 aromatic heterocycles. The molecule has 15 heavy (non-hydrogen) atoms. The van der Waals surface area contributed by atoms with Gasteiger partial charge in [0.1, 0.15) is 0 Å². The third-order valence-corrected chi connectivity index (χ3v) is 2.72. The first-order valence-corrected chi connectivity index (χ1v) is 6.40. The van der Waals surface area contributed by atoms with Crippen LogP contribution in [0, 0.1) is 11.8 Å². The van der Waals surface area contributed by atoms with Gasteiger partial charge in [-0.15, -0.1) is 0 Å². The average Bonchev–Trinajstić information content (AvgIpc) is 2.15. The van der Waals surface area contributed by atoms with Crippen molar-refractivity contribution in [2.45, 2.75) is 53.6 Å². The molecule has 0 amide bonds. The lowest BCUT2D eigenvalue weighted by molar-refractivity contribution is 0.0639. The highest BCUT2D eigenvalue weighted by Gasteiger charge is 2.12. The highest BCUT2D eigenvalue weighted by atomic mass is 16.5. The minimum absolute atomic E-state index is 0.362. The van der Waals surface area contributed by atoms with Gasteiger partial charge >= 0.3 is 0 Å². The van der Waals surface area contributed by atoms with Crippen molar-refractivity contribution in [1.82, 2.24) is 5.32 Å². The van der Waals surface area contributed by atoms with E-state index in [1.54, 1.807) is 0 Å². The highest BCUT2D eigenvalue weighted by molar-refractivity contribution is 4.66. The minimum Gasteiger partial charge on any atom is -0.379 e. The molecule has 0 heterocycles. The normalized spacial score (nSPS) is 13.8. The molecular weight excluding hydrogens is 186 g/mol. The summed E-state index contributed by atoms with van der Waals surface area (Å²) in [6.07, 6.45) is 2.75. The Balaban J connectivity index is 3.64. The summed E-state index contributed by atoms with van der Waals surface area (Å²) in [6, 6.07) is 0. The molecule has 1 N–H and O–H groups in total. The zero-order valence-corrected chi connectivity index (χ0v) is 11.2. The maximum atomic E-state index is 5.60. The molecule has 2 heteroatoms. The summed E-state index contributed by atoms with van der Waals surface area (Å²) in [5, 5.41) is 3.50. The van der Waals surface area contributed by atoms with E-state index in [0.717, 1.165) is 31.5 Å². The second kappa shape index (κ2) is 9.17. The standard InChI is InChI=1S/C13H29NO/c1-6-8-14-10-13(11(2)3)7-9-15-12(4)5/h11-14H,6-10H2,1-5H3. The smallest absolute Gasteiger partial charge is 0.0518 e. The molecule has 0 bridgehead atoms. The summed E-state index contributed by atoms with van der Waals surface area (Å²) in [6.45, 7) is 14.2. The van der Waals surface area contributed by atoms with Gasteiger partial charge in [-0.25, -0.2) is 0 Å². The lowest BCUT2D eigenvalue weighted by Gasteiger charge is -2.21. The lowest BCUT2D eigenvalue weighted by Crippen LogP contribution is -2.28. The Labute approximate surface area is 95.8 Å². The van der Waals surface area contributed by atoms with E-state index in [9.17, 15) is 0 Å². The predicted molar refractivity (Wildman–Crippen MR) is 67.2 cm³/mol. The average molecular weight is 215 g/mol. The Morgan fingerprint density at radius 1 is 1.13 bits per heavy atom. The zero-order chi connectivity index (χ0) is 11.7. The summed E-state index contributed by atoms with van der Waals surface area (Å²) < 4.78 is 5.60. The van der Waals surface area contributed by atoms with Crippen LogP contribution in [0.15, 0.2) is 0 Å². The molecule has 0 radical (unpaired) electrons. The maximum Gasteiger partial charge on any atom is 0.0518 e. The topological polar surface area (TPSA) is 21.3 Å². The maximum absolute atomic E-state index is 5.60. The summed E-state index contributed by atoms with van der Waals surface area (Å²) in [5.41, 5.74) is 0. The molecule has 0 aliphatic carbocycles. The number of hydrogen-bond acceptors (Lipinski definition) is 2. The molecule has 0 saturated carbocycles. The fraction of sp³-hybridized carbons (Fsp3) is 1.00. The molecule has 1 atom stereocenters. The predicted octanol–water partition coefficient (Wildman–Crippen LogP) is 3.07. The van der Waals surface area contributed by atoms with E-state index in [1.807, 2.05) is 0 Å². The lowest BCUT2D eigenvalue weighted by atomic mass is 9.93. The Morgan fingerprint density at radius 2 is 1.80 bits per heavy atom. The molecule has 0 rings (SSSR count). The van der Waals surface area contributed by atoms with Gasteiger partial charge in [-0.05, 0) is 51.6 Å². The fourth-order valence-corrected chi connectivity index (χ4v) is 1.59. The summed E-state index contributed by atoms with van der Waals surface area (Å²) in [5.74, 6) is 1.49. The van der Waals surface area contributed by atoms with Crippen LogP contribution in [0.25, 0.3) is 0 Å².